The fraction of sp³-hybridized carbons (Fsp3) is 0.170. The van der Waals surface area contributed by atoms with Crippen LogP contribution in [0.5, 0.6) is 0 Å². The number of imidazole rings is 1. The van der Waals surface area contributed by atoms with Crippen molar-refractivity contribution < 1.29 is 34.4 Å². The van der Waals surface area contributed by atoms with Crippen LogP contribution in [0.2, 0.25) is 19.6 Å². The summed E-state index contributed by atoms with van der Waals surface area (Å²) in [6.07, 6.45) is 1.71. The fourth-order valence-corrected chi connectivity index (χ4v) is 9.70. The molecule has 56 heavy (non-hydrogen) atoms. The molecule has 0 aliphatic heterocycles. The Morgan fingerprint density at radius 3 is 2.29 bits per heavy atom. The van der Waals surface area contributed by atoms with Crippen molar-refractivity contribution in [2.45, 2.75) is 52.8 Å². The maximum absolute atomic E-state index is 14.7. The molecule has 0 unspecified atom stereocenters. The minimum absolute atomic E-state index is 0. The number of hydrogen-bond acceptors (Lipinski definition) is 4. The van der Waals surface area contributed by atoms with Crippen molar-refractivity contribution in [3.63, 3.8) is 0 Å². The SMILES string of the molecule is Fc1ccc2c(n1)sc1c(-c3nc4cc5ccccc5cc4n3Cc3ccccc3)[c-]ccc12.[2H]C([2H])([2H])c1cc[c-]c(-c2cc(C([2H])(C)C)c([Si](C)(C)C)cn2)c1F.[Ir]. The van der Waals surface area contributed by atoms with Crippen LogP contribution in [0, 0.1) is 30.7 Å². The summed E-state index contributed by atoms with van der Waals surface area (Å²) in [5.74, 6) is -1.31. The number of pyridine rings is 2. The van der Waals surface area contributed by atoms with Crippen LogP contribution in [0.15, 0.2) is 115 Å². The average molecular weight is 955 g/mol. The van der Waals surface area contributed by atoms with Gasteiger partial charge in [-0.3, -0.25) is 9.37 Å². The van der Waals surface area contributed by atoms with E-state index >= 15 is 0 Å². The third-order valence-electron chi connectivity index (χ3n) is 9.73. The number of fused-ring (bicyclic) bond motifs is 5. The second-order valence-electron chi connectivity index (χ2n) is 14.8. The molecule has 4 aromatic heterocycles. The summed E-state index contributed by atoms with van der Waals surface area (Å²) in [6, 6.07) is 40.8. The molecule has 5 aromatic carbocycles. The zero-order chi connectivity index (χ0) is 41.9. The molecule has 0 aliphatic carbocycles. The Hall–Kier alpha value is -4.92. The van der Waals surface area contributed by atoms with Crippen molar-refractivity contribution in [1.82, 2.24) is 19.5 Å². The zero-order valence-corrected chi connectivity index (χ0v) is 35.7. The predicted molar refractivity (Wildman–Crippen MR) is 228 cm³/mol. The van der Waals surface area contributed by atoms with Crippen molar-refractivity contribution in [1.29, 1.82) is 0 Å². The molecule has 0 saturated carbocycles. The molecule has 0 atom stereocenters. The molecule has 4 heterocycles. The molecule has 9 heteroatoms. The fourth-order valence-electron chi connectivity index (χ4n) is 6.96. The molecule has 0 fully saturated rings. The second-order valence-corrected chi connectivity index (χ2v) is 20.9. The minimum atomic E-state index is -2.54. The van der Waals surface area contributed by atoms with Crippen LogP contribution in [0.25, 0.3) is 64.8 Å². The normalized spacial score (nSPS) is 13.1. The van der Waals surface area contributed by atoms with Gasteiger partial charge in [-0.15, -0.1) is 36.4 Å². The summed E-state index contributed by atoms with van der Waals surface area (Å²) < 4.78 is 62.7. The van der Waals surface area contributed by atoms with E-state index in [9.17, 15) is 8.78 Å². The Labute approximate surface area is 350 Å². The summed E-state index contributed by atoms with van der Waals surface area (Å²) >= 11 is 1.49. The van der Waals surface area contributed by atoms with Gasteiger partial charge in [0.2, 0.25) is 5.95 Å². The van der Waals surface area contributed by atoms with Crippen LogP contribution in [-0.2, 0) is 26.7 Å². The van der Waals surface area contributed by atoms with Crippen LogP contribution in [-0.4, -0.2) is 27.6 Å². The van der Waals surface area contributed by atoms with Crippen LogP contribution in [0.1, 0.15) is 41.9 Å². The molecule has 0 aliphatic rings. The maximum Gasteiger partial charge on any atom is 0.214 e. The summed E-state index contributed by atoms with van der Waals surface area (Å²) in [7, 11) is -1.74. The van der Waals surface area contributed by atoms with E-state index in [4.69, 9.17) is 10.5 Å². The Morgan fingerprint density at radius 2 is 1.55 bits per heavy atom. The van der Waals surface area contributed by atoms with E-state index in [-0.39, 0.29) is 31.2 Å². The topological polar surface area (TPSA) is 43.6 Å². The molecule has 0 saturated heterocycles. The number of aryl methyl sites for hydroxylation is 1. The summed E-state index contributed by atoms with van der Waals surface area (Å²) in [5.41, 5.74) is 4.92. The van der Waals surface area contributed by atoms with Gasteiger partial charge >= 0.3 is 0 Å². The van der Waals surface area contributed by atoms with Gasteiger partial charge in [0.05, 0.1) is 24.9 Å². The Kier molecular flexibility index (Phi) is 9.75. The smallest absolute Gasteiger partial charge is 0.214 e. The predicted octanol–water partition coefficient (Wildman–Crippen LogP) is 12.3. The molecule has 0 amide bonds. The van der Waals surface area contributed by atoms with Gasteiger partial charge in [-0.25, -0.2) is 4.98 Å². The Bertz CT molecular complexity index is 3030. The number of rotatable bonds is 6. The summed E-state index contributed by atoms with van der Waals surface area (Å²) in [5, 5.41) is 5.38. The third kappa shape index (κ3) is 7.61. The van der Waals surface area contributed by atoms with E-state index in [0.29, 0.717) is 17.1 Å². The first kappa shape index (κ1) is 34.3. The zero-order valence-electron chi connectivity index (χ0n) is 35.5. The van der Waals surface area contributed by atoms with Crippen molar-refractivity contribution in [2.75, 3.05) is 0 Å². The van der Waals surface area contributed by atoms with Crippen LogP contribution in [0.3, 0.4) is 0 Å². The van der Waals surface area contributed by atoms with Crippen molar-refractivity contribution in [3.05, 3.63) is 156 Å². The Balaban J connectivity index is 0.000000188. The van der Waals surface area contributed by atoms with Crippen LogP contribution < -0.4 is 5.19 Å². The molecule has 0 N–H and O–H groups in total. The van der Waals surface area contributed by atoms with Crippen molar-refractivity contribution in [2.24, 2.45) is 0 Å². The van der Waals surface area contributed by atoms with E-state index < -0.39 is 32.6 Å². The largest absolute Gasteiger partial charge is 0.360 e. The number of benzene rings is 5. The van der Waals surface area contributed by atoms with Gasteiger partial charge in [-0.1, -0.05) is 129 Å². The van der Waals surface area contributed by atoms with Gasteiger partial charge in [-0.2, -0.15) is 15.7 Å². The number of hydrogen-bond donors (Lipinski definition) is 0. The summed E-state index contributed by atoms with van der Waals surface area (Å²) in [4.78, 5) is 14.3. The average Bonchev–Trinajstić information content (AvgIpc) is 3.73. The van der Waals surface area contributed by atoms with Gasteiger partial charge in [0.25, 0.3) is 0 Å². The number of halogens is 2. The number of nitrogens with zero attached hydrogens (tertiary/aromatic N) is 4. The first-order valence-corrected chi connectivity index (χ1v) is 22.3. The molecule has 1 radical (unpaired) electrons. The van der Waals surface area contributed by atoms with E-state index in [0.717, 1.165) is 54.0 Å². The van der Waals surface area contributed by atoms with E-state index in [1.165, 1.54) is 40.5 Å². The molecule has 4 nitrogen and oxygen atoms in total. The van der Waals surface area contributed by atoms with Gasteiger partial charge in [0, 0.05) is 49.5 Å². The first-order chi connectivity index (χ1) is 28.0. The van der Waals surface area contributed by atoms with Gasteiger partial charge in [0.15, 0.2) is 0 Å². The van der Waals surface area contributed by atoms with Gasteiger partial charge < -0.3 is 9.55 Å². The van der Waals surface area contributed by atoms with Gasteiger partial charge in [-0.05, 0) is 62.1 Å². The standard InChI is InChI=1S/C29H17FN3S.C18H23FNSi.Ir/c30-26-14-13-22-21-11-6-12-23(27(21)34-29(22)32-26)28-31-24-15-19-9-4-5-10-20(19)16-25(24)33(28)17-18-7-2-1-3-8-18;1-12(2)15-10-16(20-11-17(15)21(4,5)6)14-9-7-8-13(3)18(14)19;/h1-11,13-16H,17H2;7-8,10-12H,1-6H3;/q2*-1;/i;3D3,12D;. The molecule has 283 valence electrons. The summed E-state index contributed by atoms with van der Waals surface area (Å²) in [6.45, 7) is 8.22. The second kappa shape index (κ2) is 15.9. The van der Waals surface area contributed by atoms with E-state index in [2.05, 4.69) is 101 Å². The van der Waals surface area contributed by atoms with Crippen molar-refractivity contribution >= 4 is 66.7 Å². The van der Waals surface area contributed by atoms with E-state index in [1.807, 2.05) is 24.3 Å². The molecule has 9 rings (SSSR count). The minimum Gasteiger partial charge on any atom is -0.360 e. The van der Waals surface area contributed by atoms with Gasteiger partial charge in [0.1, 0.15) is 4.83 Å². The van der Waals surface area contributed by atoms with Crippen LogP contribution in [0.4, 0.5) is 8.78 Å². The number of thiophene rings is 1. The molecule has 0 bridgehead atoms. The molecular formula is C47H40F2IrN4SSi-2. The quantitative estimate of drug-likeness (QED) is 0.0948. The molecule has 9 aromatic rings. The van der Waals surface area contributed by atoms with Crippen LogP contribution >= 0.6 is 11.3 Å². The van der Waals surface area contributed by atoms with Crippen molar-refractivity contribution in [3.8, 4) is 22.6 Å². The Morgan fingerprint density at radius 1 is 0.839 bits per heavy atom. The van der Waals surface area contributed by atoms with E-state index in [1.54, 1.807) is 32.2 Å². The molecule has 0 spiro atoms. The first-order valence-electron chi connectivity index (χ1n) is 20.0. The third-order valence-corrected chi connectivity index (χ3v) is 12.9. The monoisotopic (exact) mass is 955 g/mol. The maximum atomic E-state index is 14.7. The number of aromatic nitrogens is 4. The molecular weight excluding hydrogens is 911 g/mol.